The normalized spacial score (nSPS) is 12.0. The fraction of sp³-hybridized carbons (Fsp3) is 0.471. The van der Waals surface area contributed by atoms with Crippen LogP contribution in [0.15, 0.2) is 66.7 Å². The second-order valence-electron chi connectivity index (χ2n) is 10.2. The lowest BCUT2D eigenvalue weighted by Gasteiger charge is -2.20. The highest BCUT2D eigenvalue weighted by Gasteiger charge is 2.15. The summed E-state index contributed by atoms with van der Waals surface area (Å²) in [5.74, 6) is 2.19. The molecule has 218 valence electrons. The predicted octanol–water partition coefficient (Wildman–Crippen LogP) is 8.98. The molecule has 0 amide bonds. The SMILES string of the molecule is CCCCCCC(c1ccc(F)cc1)c1ccc(F)cc1.CCCN(CCC)CCOc1ccc2c(c1)OCO2. The molecular weight excluding hydrogens is 508 g/mol. The van der Waals surface area contributed by atoms with E-state index in [0.29, 0.717) is 13.4 Å². The molecule has 3 aromatic rings. The van der Waals surface area contributed by atoms with Gasteiger partial charge in [0.15, 0.2) is 11.5 Å². The van der Waals surface area contributed by atoms with E-state index in [4.69, 9.17) is 14.2 Å². The molecular formula is C34H45F2NO3. The maximum absolute atomic E-state index is 13.1. The molecule has 6 heteroatoms. The van der Waals surface area contributed by atoms with E-state index in [-0.39, 0.29) is 17.6 Å². The van der Waals surface area contributed by atoms with Gasteiger partial charge in [-0.2, -0.15) is 0 Å². The zero-order chi connectivity index (χ0) is 28.6. The second kappa shape index (κ2) is 17.5. The van der Waals surface area contributed by atoms with E-state index in [2.05, 4.69) is 25.7 Å². The minimum atomic E-state index is -0.220. The molecule has 0 bridgehead atoms. The third kappa shape index (κ3) is 10.5. The summed E-state index contributed by atoms with van der Waals surface area (Å²) in [4.78, 5) is 2.44. The number of rotatable bonds is 15. The van der Waals surface area contributed by atoms with Crippen LogP contribution >= 0.6 is 0 Å². The van der Waals surface area contributed by atoms with Crippen molar-refractivity contribution in [2.45, 2.75) is 71.6 Å². The third-order valence-electron chi connectivity index (χ3n) is 6.99. The Kier molecular flexibility index (Phi) is 13.8. The van der Waals surface area contributed by atoms with Gasteiger partial charge in [0.25, 0.3) is 0 Å². The Bertz CT molecular complexity index is 1050. The molecule has 0 saturated heterocycles. The molecule has 3 aromatic carbocycles. The van der Waals surface area contributed by atoms with Crippen molar-refractivity contribution in [1.82, 2.24) is 4.90 Å². The van der Waals surface area contributed by atoms with Crippen LogP contribution in [0.4, 0.5) is 8.78 Å². The van der Waals surface area contributed by atoms with Crippen LogP contribution in [-0.2, 0) is 0 Å². The van der Waals surface area contributed by atoms with E-state index < -0.39 is 0 Å². The number of nitrogens with zero attached hydrogens (tertiary/aromatic N) is 1. The van der Waals surface area contributed by atoms with Crippen molar-refractivity contribution in [1.29, 1.82) is 0 Å². The summed E-state index contributed by atoms with van der Waals surface area (Å²) in [6.07, 6.45) is 8.16. The maximum atomic E-state index is 13.1. The first-order valence-electron chi connectivity index (χ1n) is 14.8. The van der Waals surface area contributed by atoms with Gasteiger partial charge < -0.3 is 14.2 Å². The molecule has 4 rings (SSSR count). The van der Waals surface area contributed by atoms with Gasteiger partial charge in [0, 0.05) is 18.5 Å². The summed E-state index contributed by atoms with van der Waals surface area (Å²) in [5.41, 5.74) is 2.19. The van der Waals surface area contributed by atoms with E-state index in [1.165, 1.54) is 56.4 Å². The number of hydrogen-bond acceptors (Lipinski definition) is 4. The summed E-state index contributed by atoms with van der Waals surface area (Å²) >= 11 is 0. The highest BCUT2D eigenvalue weighted by Crippen LogP contribution is 2.35. The van der Waals surface area contributed by atoms with Gasteiger partial charge in [0.1, 0.15) is 24.0 Å². The molecule has 0 atom stereocenters. The van der Waals surface area contributed by atoms with Gasteiger partial charge in [-0.15, -0.1) is 0 Å². The standard InChI is InChI=1S/C19H22F2.C15H23NO3/c1-2-3-4-5-6-19(15-7-11-17(20)12-8-15)16-9-13-18(21)14-10-16;1-3-7-16(8-4-2)9-10-17-13-5-6-14-15(11-13)19-12-18-14/h7-14,19H,2-6H2,1H3;5-6,11H,3-4,7-10,12H2,1-2H3. The largest absolute Gasteiger partial charge is 0.492 e. The highest BCUT2D eigenvalue weighted by molar-refractivity contribution is 5.46. The Morgan fingerprint density at radius 1 is 0.700 bits per heavy atom. The number of ether oxygens (including phenoxy) is 3. The maximum Gasteiger partial charge on any atom is 0.231 e. The van der Waals surface area contributed by atoms with Crippen molar-refractivity contribution >= 4 is 0 Å². The second-order valence-corrected chi connectivity index (χ2v) is 10.2. The van der Waals surface area contributed by atoms with Gasteiger partial charge in [0.05, 0.1) is 0 Å². The number of fused-ring (bicyclic) bond motifs is 1. The molecule has 0 radical (unpaired) electrons. The van der Waals surface area contributed by atoms with Gasteiger partial charge in [-0.25, -0.2) is 8.78 Å². The lowest BCUT2D eigenvalue weighted by Crippen LogP contribution is -2.30. The van der Waals surface area contributed by atoms with E-state index in [1.807, 2.05) is 42.5 Å². The molecule has 1 aliphatic heterocycles. The minimum Gasteiger partial charge on any atom is -0.492 e. The Morgan fingerprint density at radius 2 is 1.30 bits per heavy atom. The molecule has 0 aliphatic carbocycles. The van der Waals surface area contributed by atoms with E-state index >= 15 is 0 Å². The Balaban J connectivity index is 0.000000222. The van der Waals surface area contributed by atoms with Crippen LogP contribution in [0.25, 0.3) is 0 Å². The molecule has 1 aliphatic rings. The van der Waals surface area contributed by atoms with Gasteiger partial charge in [-0.05, 0) is 79.9 Å². The number of benzene rings is 3. The van der Waals surface area contributed by atoms with Crippen LogP contribution in [0.1, 0.15) is 82.8 Å². The fourth-order valence-electron chi connectivity index (χ4n) is 4.92. The molecule has 0 saturated carbocycles. The lowest BCUT2D eigenvalue weighted by molar-refractivity contribution is 0.173. The molecule has 40 heavy (non-hydrogen) atoms. The molecule has 0 aromatic heterocycles. The smallest absolute Gasteiger partial charge is 0.231 e. The van der Waals surface area contributed by atoms with Crippen molar-refractivity contribution in [3.8, 4) is 17.2 Å². The molecule has 1 heterocycles. The van der Waals surface area contributed by atoms with E-state index in [1.54, 1.807) is 0 Å². The molecule has 0 fully saturated rings. The molecule has 4 nitrogen and oxygen atoms in total. The quantitative estimate of drug-likeness (QED) is 0.176. The van der Waals surface area contributed by atoms with Crippen molar-refractivity contribution in [2.75, 3.05) is 33.0 Å². The van der Waals surface area contributed by atoms with E-state index in [9.17, 15) is 8.78 Å². The third-order valence-corrected chi connectivity index (χ3v) is 6.99. The average molecular weight is 554 g/mol. The van der Waals surface area contributed by atoms with E-state index in [0.717, 1.165) is 60.9 Å². The predicted molar refractivity (Wildman–Crippen MR) is 158 cm³/mol. The van der Waals surface area contributed by atoms with Crippen LogP contribution in [0.3, 0.4) is 0 Å². The van der Waals surface area contributed by atoms with Crippen molar-refractivity contribution in [3.63, 3.8) is 0 Å². The zero-order valence-electron chi connectivity index (χ0n) is 24.3. The lowest BCUT2D eigenvalue weighted by atomic mass is 9.87. The summed E-state index contributed by atoms with van der Waals surface area (Å²) in [5, 5.41) is 0. The topological polar surface area (TPSA) is 30.9 Å². The first-order chi connectivity index (χ1) is 19.5. The van der Waals surface area contributed by atoms with Gasteiger partial charge in [0.2, 0.25) is 6.79 Å². The number of unbranched alkanes of at least 4 members (excludes halogenated alkanes) is 3. The Morgan fingerprint density at radius 3 is 1.88 bits per heavy atom. The highest BCUT2D eigenvalue weighted by atomic mass is 19.1. The molecule has 0 N–H and O–H groups in total. The van der Waals surface area contributed by atoms with Crippen LogP contribution in [0.5, 0.6) is 17.2 Å². The zero-order valence-corrected chi connectivity index (χ0v) is 24.3. The van der Waals surface area contributed by atoms with Gasteiger partial charge >= 0.3 is 0 Å². The number of hydrogen-bond donors (Lipinski definition) is 0. The van der Waals surface area contributed by atoms with Crippen LogP contribution in [0, 0.1) is 11.6 Å². The fourth-order valence-corrected chi connectivity index (χ4v) is 4.92. The van der Waals surface area contributed by atoms with Crippen molar-refractivity contribution in [2.24, 2.45) is 0 Å². The average Bonchev–Trinajstić information content (AvgIpc) is 3.43. The van der Waals surface area contributed by atoms with Crippen LogP contribution in [0.2, 0.25) is 0 Å². The first-order valence-corrected chi connectivity index (χ1v) is 14.8. The summed E-state index contributed by atoms with van der Waals surface area (Å²) in [6, 6.07) is 19.1. The molecule has 0 unspecified atom stereocenters. The monoisotopic (exact) mass is 553 g/mol. The van der Waals surface area contributed by atoms with Crippen molar-refractivity contribution in [3.05, 3.63) is 89.5 Å². The Labute approximate surface area is 239 Å². The molecule has 0 spiro atoms. The van der Waals surface area contributed by atoms with Gasteiger partial charge in [-0.1, -0.05) is 70.7 Å². The van der Waals surface area contributed by atoms with Crippen LogP contribution < -0.4 is 14.2 Å². The van der Waals surface area contributed by atoms with Crippen LogP contribution in [-0.4, -0.2) is 37.9 Å². The summed E-state index contributed by atoms with van der Waals surface area (Å²) in [6.45, 7) is 10.9. The first kappa shape index (κ1) is 31.4. The summed E-state index contributed by atoms with van der Waals surface area (Å²) < 4.78 is 42.6. The minimum absolute atomic E-state index is 0.211. The van der Waals surface area contributed by atoms with Crippen molar-refractivity contribution < 1.29 is 23.0 Å². The summed E-state index contributed by atoms with van der Waals surface area (Å²) in [7, 11) is 0. The number of halogens is 2. The Hall–Kier alpha value is -3.12. The van der Waals surface area contributed by atoms with Gasteiger partial charge in [-0.3, -0.25) is 4.90 Å².